The molecule has 0 unspecified atom stereocenters. The lowest BCUT2D eigenvalue weighted by molar-refractivity contribution is 0.0938. The predicted molar refractivity (Wildman–Crippen MR) is 101 cm³/mol. The number of carbonyl (C=O) groups excluding carboxylic acids is 1. The van der Waals surface area contributed by atoms with E-state index in [1.54, 1.807) is 29.2 Å². The van der Waals surface area contributed by atoms with E-state index in [0.29, 0.717) is 27.8 Å². The molecule has 2 aliphatic rings. The Balaban J connectivity index is 1.58. The summed E-state index contributed by atoms with van der Waals surface area (Å²) in [7, 11) is 0. The van der Waals surface area contributed by atoms with Gasteiger partial charge in [0.25, 0.3) is 5.91 Å². The van der Waals surface area contributed by atoms with Crippen molar-refractivity contribution in [2.75, 3.05) is 11.7 Å². The van der Waals surface area contributed by atoms with E-state index in [-0.39, 0.29) is 12.7 Å². The van der Waals surface area contributed by atoms with Gasteiger partial charge < -0.3 is 14.2 Å². The standard InChI is InChI=1S/C21H14ClNO4/c22-15-8-5-13(6-9-15)20(24)23-16-3-1-2-4-17(16)27-21(23)14-7-10-18-19(11-14)26-12-25-18/h1-11,21H,12H2/t21-/m0/s1. The maximum absolute atomic E-state index is 13.3. The molecule has 3 aromatic carbocycles. The fraction of sp³-hybridized carbons (Fsp3) is 0.0952. The molecule has 0 N–H and O–H groups in total. The number of halogens is 1. The van der Waals surface area contributed by atoms with Crippen LogP contribution in [0.2, 0.25) is 5.02 Å². The third kappa shape index (κ3) is 2.67. The fourth-order valence-electron chi connectivity index (χ4n) is 3.29. The maximum atomic E-state index is 13.3. The summed E-state index contributed by atoms with van der Waals surface area (Å²) in [6, 6.07) is 19.9. The lowest BCUT2D eigenvalue weighted by atomic mass is 10.1. The van der Waals surface area contributed by atoms with Crippen LogP contribution in [0.4, 0.5) is 5.69 Å². The zero-order valence-corrected chi connectivity index (χ0v) is 14.8. The molecule has 1 atom stereocenters. The van der Waals surface area contributed by atoms with E-state index in [0.717, 1.165) is 11.3 Å². The molecule has 0 saturated heterocycles. The van der Waals surface area contributed by atoms with Crippen LogP contribution in [0.5, 0.6) is 17.2 Å². The lowest BCUT2D eigenvalue weighted by Gasteiger charge is -2.24. The van der Waals surface area contributed by atoms with Gasteiger partial charge in [-0.25, -0.2) is 0 Å². The van der Waals surface area contributed by atoms with E-state index < -0.39 is 6.23 Å². The summed E-state index contributed by atoms with van der Waals surface area (Å²) in [4.78, 5) is 14.9. The fourth-order valence-corrected chi connectivity index (χ4v) is 3.41. The molecule has 3 aromatic rings. The van der Waals surface area contributed by atoms with Crippen molar-refractivity contribution in [3.63, 3.8) is 0 Å². The summed E-state index contributed by atoms with van der Waals surface area (Å²) in [5.74, 6) is 1.82. The van der Waals surface area contributed by atoms with Crippen molar-refractivity contribution < 1.29 is 19.0 Å². The molecule has 0 fully saturated rings. The number of hydrogen-bond acceptors (Lipinski definition) is 4. The third-order valence-electron chi connectivity index (χ3n) is 4.59. The Morgan fingerprint density at radius 1 is 0.926 bits per heavy atom. The topological polar surface area (TPSA) is 48.0 Å². The van der Waals surface area contributed by atoms with E-state index in [9.17, 15) is 4.79 Å². The van der Waals surface area contributed by atoms with Gasteiger partial charge in [-0.2, -0.15) is 0 Å². The number of benzene rings is 3. The summed E-state index contributed by atoms with van der Waals surface area (Å²) >= 11 is 5.96. The second-order valence-corrected chi connectivity index (χ2v) is 6.67. The number of ether oxygens (including phenoxy) is 3. The van der Waals surface area contributed by atoms with Crippen molar-refractivity contribution in [3.05, 3.63) is 82.9 Å². The average molecular weight is 380 g/mol. The number of amides is 1. The molecule has 1 amide bonds. The van der Waals surface area contributed by atoms with Gasteiger partial charge >= 0.3 is 0 Å². The quantitative estimate of drug-likeness (QED) is 0.641. The second-order valence-electron chi connectivity index (χ2n) is 6.23. The minimum atomic E-state index is -0.597. The third-order valence-corrected chi connectivity index (χ3v) is 4.84. The van der Waals surface area contributed by atoms with Crippen LogP contribution in [0, 0.1) is 0 Å². The summed E-state index contributed by atoms with van der Waals surface area (Å²) in [6.45, 7) is 0.192. The van der Waals surface area contributed by atoms with E-state index in [1.807, 2.05) is 42.5 Å². The Labute approximate surface area is 160 Å². The number of anilines is 1. The highest BCUT2D eigenvalue weighted by Crippen LogP contribution is 2.45. The highest BCUT2D eigenvalue weighted by atomic mass is 35.5. The zero-order chi connectivity index (χ0) is 18.4. The van der Waals surface area contributed by atoms with Gasteiger partial charge in [0.1, 0.15) is 5.75 Å². The first-order valence-electron chi connectivity index (χ1n) is 8.45. The Hall–Kier alpha value is -3.18. The molecule has 0 bridgehead atoms. The molecule has 5 rings (SSSR count). The van der Waals surface area contributed by atoms with Crippen molar-refractivity contribution in [1.29, 1.82) is 0 Å². The summed E-state index contributed by atoms with van der Waals surface area (Å²) in [6.07, 6.45) is -0.597. The molecule has 27 heavy (non-hydrogen) atoms. The zero-order valence-electron chi connectivity index (χ0n) is 14.1. The van der Waals surface area contributed by atoms with E-state index in [2.05, 4.69) is 0 Å². The highest BCUT2D eigenvalue weighted by molar-refractivity contribution is 6.30. The number of fused-ring (bicyclic) bond motifs is 2. The number of carbonyl (C=O) groups is 1. The molecule has 2 aliphatic heterocycles. The smallest absolute Gasteiger partial charge is 0.261 e. The van der Waals surface area contributed by atoms with Gasteiger partial charge in [-0.15, -0.1) is 0 Å². The van der Waals surface area contributed by atoms with Gasteiger partial charge in [0, 0.05) is 16.1 Å². The first-order valence-corrected chi connectivity index (χ1v) is 8.83. The number of rotatable bonds is 2. The highest BCUT2D eigenvalue weighted by Gasteiger charge is 2.37. The predicted octanol–water partition coefficient (Wildman–Crippen LogP) is 4.81. The van der Waals surface area contributed by atoms with Crippen molar-refractivity contribution in [2.45, 2.75) is 6.23 Å². The molecular weight excluding hydrogens is 366 g/mol. The molecule has 0 spiro atoms. The molecule has 0 radical (unpaired) electrons. The molecular formula is C21H14ClNO4. The second kappa shape index (κ2) is 6.21. The van der Waals surface area contributed by atoms with Crippen LogP contribution in [0.1, 0.15) is 22.1 Å². The van der Waals surface area contributed by atoms with E-state index in [1.165, 1.54) is 0 Å². The van der Waals surface area contributed by atoms with Gasteiger partial charge in [0.2, 0.25) is 13.0 Å². The first kappa shape index (κ1) is 16.0. The van der Waals surface area contributed by atoms with Crippen LogP contribution in [-0.4, -0.2) is 12.7 Å². The van der Waals surface area contributed by atoms with Gasteiger partial charge in [0.15, 0.2) is 11.5 Å². The average Bonchev–Trinajstić information content (AvgIpc) is 3.31. The van der Waals surface area contributed by atoms with Crippen molar-refractivity contribution in [3.8, 4) is 17.2 Å². The van der Waals surface area contributed by atoms with E-state index in [4.69, 9.17) is 25.8 Å². The van der Waals surface area contributed by atoms with Crippen LogP contribution >= 0.6 is 11.6 Å². The molecule has 5 nitrogen and oxygen atoms in total. The minimum absolute atomic E-state index is 0.167. The van der Waals surface area contributed by atoms with E-state index >= 15 is 0 Å². The SMILES string of the molecule is O=C(c1ccc(Cl)cc1)N1c2ccccc2O[C@H]1c1ccc2c(c1)OCO2. The normalized spacial score (nSPS) is 16.8. The summed E-state index contributed by atoms with van der Waals surface area (Å²) in [5, 5.41) is 0.581. The van der Waals surface area contributed by atoms with Gasteiger partial charge in [-0.05, 0) is 54.6 Å². The Kier molecular flexibility index (Phi) is 3.69. The molecule has 0 aromatic heterocycles. The van der Waals surface area contributed by atoms with Crippen molar-refractivity contribution >= 4 is 23.2 Å². The number of nitrogens with zero attached hydrogens (tertiary/aromatic N) is 1. The van der Waals surface area contributed by atoms with Gasteiger partial charge in [-0.3, -0.25) is 9.69 Å². The van der Waals surface area contributed by atoms with Crippen LogP contribution in [0.25, 0.3) is 0 Å². The molecule has 0 saturated carbocycles. The maximum Gasteiger partial charge on any atom is 0.261 e. The molecule has 6 heteroatoms. The monoisotopic (exact) mass is 379 g/mol. The van der Waals surface area contributed by atoms with Gasteiger partial charge in [-0.1, -0.05) is 23.7 Å². The number of hydrogen-bond donors (Lipinski definition) is 0. The lowest BCUT2D eigenvalue weighted by Crippen LogP contribution is -2.33. The number of para-hydroxylation sites is 2. The molecule has 134 valence electrons. The van der Waals surface area contributed by atoms with Crippen LogP contribution < -0.4 is 19.1 Å². The minimum Gasteiger partial charge on any atom is -0.464 e. The van der Waals surface area contributed by atoms with Crippen LogP contribution in [0.15, 0.2) is 66.7 Å². The van der Waals surface area contributed by atoms with Gasteiger partial charge in [0.05, 0.1) is 5.69 Å². The van der Waals surface area contributed by atoms with Crippen molar-refractivity contribution in [1.82, 2.24) is 0 Å². The molecule has 0 aliphatic carbocycles. The Bertz CT molecular complexity index is 1030. The van der Waals surface area contributed by atoms with Crippen LogP contribution in [-0.2, 0) is 0 Å². The Morgan fingerprint density at radius 3 is 2.56 bits per heavy atom. The van der Waals surface area contributed by atoms with Crippen LogP contribution in [0.3, 0.4) is 0 Å². The largest absolute Gasteiger partial charge is 0.464 e. The Morgan fingerprint density at radius 2 is 1.70 bits per heavy atom. The van der Waals surface area contributed by atoms with Crippen molar-refractivity contribution in [2.24, 2.45) is 0 Å². The summed E-state index contributed by atoms with van der Waals surface area (Å²) in [5.41, 5.74) is 2.06. The first-order chi connectivity index (χ1) is 13.2. The molecule has 2 heterocycles. The summed E-state index contributed by atoms with van der Waals surface area (Å²) < 4.78 is 17.0.